The molecule has 0 bridgehead atoms. The summed E-state index contributed by atoms with van der Waals surface area (Å²) in [5, 5.41) is 0. The quantitative estimate of drug-likeness (QED) is 0.736. The molecule has 20 heavy (non-hydrogen) atoms. The zero-order valence-electron chi connectivity index (χ0n) is 11.1. The predicted molar refractivity (Wildman–Crippen MR) is 77.7 cm³/mol. The van der Waals surface area contributed by atoms with Crippen LogP contribution in [0.25, 0.3) is 11.0 Å². The van der Waals surface area contributed by atoms with Gasteiger partial charge >= 0.3 is 0 Å². The normalized spacial score (nSPS) is 11.2. The number of imidazole rings is 1. The minimum absolute atomic E-state index is 0.237. The molecule has 2 aromatic heterocycles. The van der Waals surface area contributed by atoms with Gasteiger partial charge in [-0.1, -0.05) is 0 Å². The van der Waals surface area contributed by atoms with Crippen LogP contribution >= 0.6 is 12.2 Å². The first kappa shape index (κ1) is 12.9. The lowest BCUT2D eigenvalue weighted by molar-refractivity contribution is 0.620. The maximum absolute atomic E-state index is 13.6. The summed E-state index contributed by atoms with van der Waals surface area (Å²) in [6.45, 7) is 4.12. The predicted octanol–water partition coefficient (Wildman–Crippen LogP) is 3.29. The molecule has 4 nitrogen and oxygen atoms in total. The molecule has 3 rings (SSSR count). The van der Waals surface area contributed by atoms with E-state index in [0.29, 0.717) is 22.4 Å². The number of aromatic nitrogens is 4. The van der Waals surface area contributed by atoms with Gasteiger partial charge in [0.25, 0.3) is 0 Å². The first-order valence-corrected chi connectivity index (χ1v) is 6.62. The Balaban J connectivity index is 2.14. The topological polar surface area (TPSA) is 46.5 Å². The van der Waals surface area contributed by atoms with Gasteiger partial charge in [-0.25, -0.2) is 14.4 Å². The molecular formula is C14H13FN4S. The van der Waals surface area contributed by atoms with Crippen molar-refractivity contribution >= 4 is 23.3 Å². The zero-order valence-corrected chi connectivity index (χ0v) is 12.0. The molecule has 0 unspecified atom stereocenters. The number of H-pyrrole nitrogens is 1. The van der Waals surface area contributed by atoms with Gasteiger partial charge in [-0.05, 0) is 49.8 Å². The lowest BCUT2D eigenvalue weighted by atomic mass is 10.2. The Morgan fingerprint density at radius 1 is 1.35 bits per heavy atom. The average molecular weight is 288 g/mol. The van der Waals surface area contributed by atoms with E-state index in [1.807, 2.05) is 17.6 Å². The molecule has 0 saturated heterocycles. The summed E-state index contributed by atoms with van der Waals surface area (Å²) in [5.41, 5.74) is 3.05. The molecule has 0 aliphatic rings. The lowest BCUT2D eigenvalue weighted by Crippen LogP contribution is -2.03. The largest absolute Gasteiger partial charge is 0.330 e. The van der Waals surface area contributed by atoms with Crippen molar-refractivity contribution in [3.63, 3.8) is 0 Å². The van der Waals surface area contributed by atoms with E-state index < -0.39 is 0 Å². The number of hydrogen-bond acceptors (Lipinski definition) is 3. The second-order valence-electron chi connectivity index (χ2n) is 4.73. The van der Waals surface area contributed by atoms with Crippen LogP contribution in [0.5, 0.6) is 0 Å². The van der Waals surface area contributed by atoms with Crippen LogP contribution in [0, 0.1) is 24.4 Å². The number of halogens is 1. The molecule has 0 aliphatic carbocycles. The molecule has 2 heterocycles. The number of aryl methyl sites for hydroxylation is 2. The van der Waals surface area contributed by atoms with Gasteiger partial charge in [0.05, 0.1) is 23.3 Å². The molecule has 0 aliphatic heterocycles. The number of hydrogen-bond donors (Lipinski definition) is 1. The van der Waals surface area contributed by atoms with Gasteiger partial charge < -0.3 is 9.55 Å². The van der Waals surface area contributed by atoms with Crippen LogP contribution < -0.4 is 0 Å². The standard InChI is InChI=1S/C14H13FN4S/c1-8-5-13-12(6-11(8)15)18-14(20)19(13)7-10-3-4-16-9(2)17-10/h3-6H,7H2,1-2H3,(H,18,20). The van der Waals surface area contributed by atoms with E-state index in [1.54, 1.807) is 19.2 Å². The fourth-order valence-corrected chi connectivity index (χ4v) is 2.47. The van der Waals surface area contributed by atoms with Crippen LogP contribution in [0.2, 0.25) is 0 Å². The second-order valence-corrected chi connectivity index (χ2v) is 5.12. The van der Waals surface area contributed by atoms with Crippen LogP contribution in [0.4, 0.5) is 4.39 Å². The molecule has 0 fully saturated rings. The summed E-state index contributed by atoms with van der Waals surface area (Å²) in [6.07, 6.45) is 1.72. The van der Waals surface area contributed by atoms with Gasteiger partial charge in [0, 0.05) is 6.20 Å². The van der Waals surface area contributed by atoms with Crippen molar-refractivity contribution in [1.82, 2.24) is 19.5 Å². The Bertz CT molecular complexity index is 850. The van der Waals surface area contributed by atoms with E-state index in [4.69, 9.17) is 12.2 Å². The number of aromatic amines is 1. The van der Waals surface area contributed by atoms with E-state index in [1.165, 1.54) is 6.07 Å². The first-order valence-electron chi connectivity index (χ1n) is 6.22. The van der Waals surface area contributed by atoms with E-state index in [9.17, 15) is 4.39 Å². The van der Waals surface area contributed by atoms with E-state index in [2.05, 4.69) is 15.0 Å². The first-order chi connectivity index (χ1) is 9.54. The van der Waals surface area contributed by atoms with Gasteiger partial charge in [0.15, 0.2) is 4.77 Å². The van der Waals surface area contributed by atoms with Crippen LogP contribution in [-0.2, 0) is 6.54 Å². The third-order valence-electron chi connectivity index (χ3n) is 3.21. The molecule has 6 heteroatoms. The summed E-state index contributed by atoms with van der Waals surface area (Å²) in [5.74, 6) is 0.481. The van der Waals surface area contributed by atoms with Crippen molar-refractivity contribution in [3.8, 4) is 0 Å². The van der Waals surface area contributed by atoms with Crippen LogP contribution in [-0.4, -0.2) is 19.5 Å². The van der Waals surface area contributed by atoms with Crippen molar-refractivity contribution < 1.29 is 4.39 Å². The van der Waals surface area contributed by atoms with Gasteiger partial charge in [-0.3, -0.25) is 0 Å². The van der Waals surface area contributed by atoms with Crippen LogP contribution in [0.3, 0.4) is 0 Å². The zero-order chi connectivity index (χ0) is 14.3. The fourth-order valence-electron chi connectivity index (χ4n) is 2.19. The fraction of sp³-hybridized carbons (Fsp3) is 0.214. The number of benzene rings is 1. The van der Waals surface area contributed by atoms with Crippen molar-refractivity contribution in [2.75, 3.05) is 0 Å². The summed E-state index contributed by atoms with van der Waals surface area (Å²) < 4.78 is 16.1. The third-order valence-corrected chi connectivity index (χ3v) is 3.53. The van der Waals surface area contributed by atoms with Crippen molar-refractivity contribution in [2.45, 2.75) is 20.4 Å². The van der Waals surface area contributed by atoms with E-state index >= 15 is 0 Å². The highest BCUT2D eigenvalue weighted by molar-refractivity contribution is 7.71. The Labute approximate surface area is 120 Å². The highest BCUT2D eigenvalue weighted by atomic mass is 32.1. The maximum Gasteiger partial charge on any atom is 0.178 e. The SMILES string of the molecule is Cc1nccc(Cn2c(=S)[nH]c3cc(F)c(C)cc32)n1. The molecule has 102 valence electrons. The molecular weight excluding hydrogens is 275 g/mol. The van der Waals surface area contributed by atoms with E-state index in [-0.39, 0.29) is 5.82 Å². The number of nitrogens with one attached hydrogen (secondary N) is 1. The lowest BCUT2D eigenvalue weighted by Gasteiger charge is -2.05. The van der Waals surface area contributed by atoms with Crippen molar-refractivity contribution in [1.29, 1.82) is 0 Å². The second kappa shape index (κ2) is 4.79. The van der Waals surface area contributed by atoms with Crippen LogP contribution in [0.15, 0.2) is 24.4 Å². The average Bonchev–Trinajstić information content (AvgIpc) is 2.67. The smallest absolute Gasteiger partial charge is 0.178 e. The number of nitrogens with zero attached hydrogens (tertiary/aromatic N) is 3. The summed E-state index contributed by atoms with van der Waals surface area (Å²) >= 11 is 5.31. The van der Waals surface area contributed by atoms with Crippen molar-refractivity contribution in [2.24, 2.45) is 0 Å². The molecule has 0 spiro atoms. The monoisotopic (exact) mass is 288 g/mol. The van der Waals surface area contributed by atoms with Crippen LogP contribution in [0.1, 0.15) is 17.1 Å². The molecule has 3 aromatic rings. The highest BCUT2D eigenvalue weighted by Crippen LogP contribution is 2.19. The van der Waals surface area contributed by atoms with Gasteiger partial charge in [0.2, 0.25) is 0 Å². The summed E-state index contributed by atoms with van der Waals surface area (Å²) in [7, 11) is 0. The molecule has 1 N–H and O–H groups in total. The third kappa shape index (κ3) is 2.22. The maximum atomic E-state index is 13.6. The molecule has 0 amide bonds. The minimum atomic E-state index is -0.237. The summed E-state index contributed by atoms with van der Waals surface area (Å²) in [4.78, 5) is 11.5. The van der Waals surface area contributed by atoms with Gasteiger partial charge in [-0.2, -0.15) is 0 Å². The molecule has 0 radical (unpaired) electrons. The Kier molecular flexibility index (Phi) is 3.10. The van der Waals surface area contributed by atoms with Gasteiger partial charge in [-0.15, -0.1) is 0 Å². The Morgan fingerprint density at radius 3 is 2.90 bits per heavy atom. The molecule has 0 atom stereocenters. The molecule has 1 aromatic carbocycles. The number of fused-ring (bicyclic) bond motifs is 1. The Hall–Kier alpha value is -2.08. The Morgan fingerprint density at radius 2 is 2.15 bits per heavy atom. The highest BCUT2D eigenvalue weighted by Gasteiger charge is 2.09. The number of rotatable bonds is 2. The molecule has 0 saturated carbocycles. The summed E-state index contributed by atoms with van der Waals surface area (Å²) in [6, 6.07) is 5.12. The van der Waals surface area contributed by atoms with Crippen molar-refractivity contribution in [3.05, 3.63) is 52.1 Å². The minimum Gasteiger partial charge on any atom is -0.330 e. The van der Waals surface area contributed by atoms with E-state index in [0.717, 1.165) is 17.0 Å². The van der Waals surface area contributed by atoms with Gasteiger partial charge in [0.1, 0.15) is 11.6 Å².